The van der Waals surface area contributed by atoms with E-state index in [2.05, 4.69) is 15.4 Å². The summed E-state index contributed by atoms with van der Waals surface area (Å²) in [5.74, 6) is 6.57. The van der Waals surface area contributed by atoms with E-state index >= 15 is 0 Å². The molecular formula is C13H15N5O3. The van der Waals surface area contributed by atoms with E-state index in [0.717, 1.165) is 5.56 Å². The van der Waals surface area contributed by atoms with Gasteiger partial charge in [0.2, 0.25) is 11.6 Å². The molecule has 0 fully saturated rings. The summed E-state index contributed by atoms with van der Waals surface area (Å²) < 4.78 is 5.55. The molecule has 8 nitrogen and oxygen atoms in total. The van der Waals surface area contributed by atoms with Gasteiger partial charge in [-0.3, -0.25) is 10.1 Å². The first kappa shape index (κ1) is 14.7. The van der Waals surface area contributed by atoms with Gasteiger partial charge < -0.3 is 10.2 Å². The molecule has 0 aliphatic heterocycles. The van der Waals surface area contributed by atoms with Crippen LogP contribution >= 0.6 is 0 Å². The van der Waals surface area contributed by atoms with Gasteiger partial charge in [-0.25, -0.2) is 10.8 Å². The number of ether oxygens (including phenoxy) is 1. The fraction of sp³-hybridized carbons (Fsp3) is 0.231. The first-order chi connectivity index (χ1) is 10.0. The molecule has 8 heteroatoms. The second-order valence-electron chi connectivity index (χ2n) is 4.34. The Morgan fingerprint density at radius 1 is 1.38 bits per heavy atom. The molecule has 0 saturated heterocycles. The maximum absolute atomic E-state index is 11.0. The number of nitrogens with zero attached hydrogens (tertiary/aromatic N) is 3. The average molecular weight is 289 g/mol. The van der Waals surface area contributed by atoms with Crippen LogP contribution in [0.15, 0.2) is 24.3 Å². The zero-order valence-electron chi connectivity index (χ0n) is 11.7. The normalized spacial score (nSPS) is 10.2. The number of benzene rings is 1. The highest BCUT2D eigenvalue weighted by Gasteiger charge is 2.17. The van der Waals surface area contributed by atoms with Gasteiger partial charge in [0.25, 0.3) is 0 Å². The third-order valence-corrected chi connectivity index (χ3v) is 2.74. The lowest BCUT2D eigenvalue weighted by atomic mass is 10.2. The van der Waals surface area contributed by atoms with Crippen molar-refractivity contribution in [2.45, 2.75) is 20.3 Å². The highest BCUT2D eigenvalue weighted by atomic mass is 16.6. The number of anilines is 1. The average Bonchev–Trinajstić information content (AvgIpc) is 2.46. The highest BCUT2D eigenvalue weighted by molar-refractivity contribution is 5.50. The van der Waals surface area contributed by atoms with Crippen molar-refractivity contribution in [3.8, 4) is 11.6 Å². The monoisotopic (exact) mass is 289 g/mol. The Hall–Kier alpha value is -2.74. The molecule has 2 rings (SSSR count). The van der Waals surface area contributed by atoms with E-state index in [4.69, 9.17) is 10.6 Å². The van der Waals surface area contributed by atoms with Gasteiger partial charge in [0.1, 0.15) is 11.6 Å². The zero-order valence-corrected chi connectivity index (χ0v) is 11.7. The predicted octanol–water partition coefficient (Wildman–Crippen LogP) is 2.33. The summed E-state index contributed by atoms with van der Waals surface area (Å²) in [6.07, 6.45) is 0.585. The Bertz CT molecular complexity index is 653. The molecule has 0 radical (unpaired) electrons. The molecule has 1 heterocycles. The standard InChI is InChI=1S/C13H15N5O3/c1-3-11-15-12(17-14)7-13(16-11)21-10-6-8(2)4-5-9(10)18(19)20/h4-7H,3,14H2,1-2H3,(H,15,16,17). The Balaban J connectivity index is 2.42. The smallest absolute Gasteiger partial charge is 0.311 e. The lowest BCUT2D eigenvalue weighted by Crippen LogP contribution is -2.10. The number of nitrogens with two attached hydrogens (primary N) is 1. The fourth-order valence-corrected chi connectivity index (χ4v) is 1.72. The first-order valence-electron chi connectivity index (χ1n) is 6.31. The van der Waals surface area contributed by atoms with Crippen LogP contribution in [-0.2, 0) is 6.42 Å². The quantitative estimate of drug-likeness (QED) is 0.493. The van der Waals surface area contributed by atoms with E-state index in [1.54, 1.807) is 12.1 Å². The Kier molecular flexibility index (Phi) is 4.29. The van der Waals surface area contributed by atoms with Gasteiger partial charge in [-0.15, -0.1) is 0 Å². The van der Waals surface area contributed by atoms with Crippen molar-refractivity contribution >= 4 is 11.5 Å². The van der Waals surface area contributed by atoms with Crippen LogP contribution in [0.5, 0.6) is 11.6 Å². The largest absolute Gasteiger partial charge is 0.432 e. The van der Waals surface area contributed by atoms with Gasteiger partial charge in [-0.2, -0.15) is 4.98 Å². The molecule has 110 valence electrons. The topological polar surface area (TPSA) is 116 Å². The molecule has 0 spiro atoms. The highest BCUT2D eigenvalue weighted by Crippen LogP contribution is 2.31. The van der Waals surface area contributed by atoms with Crippen LogP contribution in [-0.4, -0.2) is 14.9 Å². The predicted molar refractivity (Wildman–Crippen MR) is 77.1 cm³/mol. The molecule has 0 aliphatic carbocycles. The van der Waals surface area contributed by atoms with Crippen molar-refractivity contribution in [3.05, 3.63) is 45.8 Å². The van der Waals surface area contributed by atoms with Crippen molar-refractivity contribution in [2.75, 3.05) is 5.43 Å². The zero-order chi connectivity index (χ0) is 15.4. The van der Waals surface area contributed by atoms with Crippen molar-refractivity contribution in [2.24, 2.45) is 5.84 Å². The number of hydrogen-bond donors (Lipinski definition) is 2. The van der Waals surface area contributed by atoms with Gasteiger partial charge in [0, 0.05) is 18.6 Å². The van der Waals surface area contributed by atoms with Crippen LogP contribution in [0.2, 0.25) is 0 Å². The number of hydrogen-bond acceptors (Lipinski definition) is 7. The maximum Gasteiger partial charge on any atom is 0.311 e. The summed E-state index contributed by atoms with van der Waals surface area (Å²) in [4.78, 5) is 18.8. The summed E-state index contributed by atoms with van der Waals surface area (Å²) in [7, 11) is 0. The van der Waals surface area contributed by atoms with E-state index in [0.29, 0.717) is 18.1 Å². The molecular weight excluding hydrogens is 274 g/mol. The molecule has 1 aromatic carbocycles. The van der Waals surface area contributed by atoms with Crippen molar-refractivity contribution in [1.82, 2.24) is 9.97 Å². The number of aryl methyl sites for hydroxylation is 2. The van der Waals surface area contributed by atoms with Crippen LogP contribution in [0.1, 0.15) is 18.3 Å². The van der Waals surface area contributed by atoms with E-state index in [1.807, 2.05) is 13.8 Å². The summed E-state index contributed by atoms with van der Waals surface area (Å²) in [5, 5.41) is 11.0. The number of nitrogens with one attached hydrogen (secondary N) is 1. The third kappa shape index (κ3) is 3.42. The number of hydrazine groups is 1. The summed E-state index contributed by atoms with van der Waals surface area (Å²) in [6, 6.07) is 6.11. The second-order valence-corrected chi connectivity index (χ2v) is 4.34. The van der Waals surface area contributed by atoms with Gasteiger partial charge in [-0.05, 0) is 18.6 Å². The molecule has 1 aromatic heterocycles. The molecule has 0 amide bonds. The molecule has 0 atom stereocenters. The molecule has 0 bridgehead atoms. The van der Waals surface area contributed by atoms with Gasteiger partial charge in [0.15, 0.2) is 0 Å². The van der Waals surface area contributed by atoms with E-state index in [9.17, 15) is 10.1 Å². The van der Waals surface area contributed by atoms with Gasteiger partial charge in [0.05, 0.1) is 4.92 Å². The molecule has 0 unspecified atom stereocenters. The minimum atomic E-state index is -0.501. The SMILES string of the molecule is CCc1nc(NN)cc(Oc2cc(C)ccc2[N+](=O)[O-])n1. The molecule has 2 aromatic rings. The summed E-state index contributed by atoms with van der Waals surface area (Å²) in [6.45, 7) is 3.70. The van der Waals surface area contributed by atoms with Crippen LogP contribution in [0.25, 0.3) is 0 Å². The van der Waals surface area contributed by atoms with E-state index in [-0.39, 0.29) is 17.3 Å². The van der Waals surface area contributed by atoms with Crippen molar-refractivity contribution in [3.63, 3.8) is 0 Å². The number of rotatable bonds is 5. The van der Waals surface area contributed by atoms with Crippen LogP contribution in [0.3, 0.4) is 0 Å². The number of nitro benzene ring substituents is 1. The second kappa shape index (κ2) is 6.14. The van der Waals surface area contributed by atoms with Crippen LogP contribution in [0, 0.1) is 17.0 Å². The minimum Gasteiger partial charge on any atom is -0.432 e. The Labute approximate surface area is 121 Å². The van der Waals surface area contributed by atoms with E-state index in [1.165, 1.54) is 12.1 Å². The van der Waals surface area contributed by atoms with Crippen molar-refractivity contribution < 1.29 is 9.66 Å². The molecule has 21 heavy (non-hydrogen) atoms. The van der Waals surface area contributed by atoms with Gasteiger partial charge in [-0.1, -0.05) is 13.0 Å². The Morgan fingerprint density at radius 2 is 2.14 bits per heavy atom. The molecule has 0 aliphatic rings. The summed E-state index contributed by atoms with van der Waals surface area (Å²) in [5.41, 5.74) is 3.13. The van der Waals surface area contributed by atoms with Crippen molar-refractivity contribution in [1.29, 1.82) is 0 Å². The minimum absolute atomic E-state index is 0.125. The van der Waals surface area contributed by atoms with Crippen LogP contribution < -0.4 is 16.0 Å². The summed E-state index contributed by atoms with van der Waals surface area (Å²) >= 11 is 0. The molecule has 3 N–H and O–H groups in total. The Morgan fingerprint density at radius 3 is 2.76 bits per heavy atom. The maximum atomic E-state index is 11.0. The fourth-order valence-electron chi connectivity index (χ4n) is 1.72. The van der Waals surface area contributed by atoms with Crippen LogP contribution in [0.4, 0.5) is 11.5 Å². The van der Waals surface area contributed by atoms with E-state index < -0.39 is 4.92 Å². The molecule has 0 saturated carbocycles. The van der Waals surface area contributed by atoms with Gasteiger partial charge >= 0.3 is 5.69 Å². The number of nitro groups is 1. The first-order valence-corrected chi connectivity index (χ1v) is 6.31. The lowest BCUT2D eigenvalue weighted by Gasteiger charge is -2.09. The number of aromatic nitrogens is 2. The number of nitrogen functional groups attached to an aromatic ring is 1. The third-order valence-electron chi connectivity index (χ3n) is 2.74. The lowest BCUT2D eigenvalue weighted by molar-refractivity contribution is -0.385.